The summed E-state index contributed by atoms with van der Waals surface area (Å²) in [6, 6.07) is 7.60. The molecule has 0 saturated carbocycles. The standard InChI is InChI=1S/C16H25NO4/c1-4-16(10-18,11-19)17-15(20)9-21-14-7-5-6-13(8-14)12(2)3/h5-8,12,18-19H,4,9-11H2,1-3H3,(H,17,20). The number of rotatable bonds is 8. The van der Waals surface area contributed by atoms with Crippen molar-refractivity contribution < 1.29 is 19.7 Å². The van der Waals surface area contributed by atoms with Gasteiger partial charge in [0.25, 0.3) is 5.91 Å². The lowest BCUT2D eigenvalue weighted by Crippen LogP contribution is -2.54. The number of hydrogen-bond donors (Lipinski definition) is 3. The van der Waals surface area contributed by atoms with Crippen molar-refractivity contribution in [1.82, 2.24) is 5.32 Å². The molecule has 0 fully saturated rings. The number of aliphatic hydroxyl groups is 2. The number of aliphatic hydroxyl groups excluding tert-OH is 2. The van der Waals surface area contributed by atoms with Gasteiger partial charge in [-0.1, -0.05) is 32.9 Å². The summed E-state index contributed by atoms with van der Waals surface area (Å²) in [6.07, 6.45) is 0.439. The molecule has 0 aliphatic rings. The average molecular weight is 295 g/mol. The van der Waals surface area contributed by atoms with E-state index in [1.807, 2.05) is 18.2 Å². The Morgan fingerprint density at radius 3 is 2.52 bits per heavy atom. The third kappa shape index (κ3) is 5.02. The number of ether oxygens (including phenoxy) is 1. The topological polar surface area (TPSA) is 78.8 Å². The maximum Gasteiger partial charge on any atom is 0.258 e. The van der Waals surface area contributed by atoms with Crippen LogP contribution in [0.2, 0.25) is 0 Å². The maximum atomic E-state index is 11.9. The van der Waals surface area contributed by atoms with Crippen molar-refractivity contribution >= 4 is 5.91 Å². The van der Waals surface area contributed by atoms with Gasteiger partial charge in [-0.3, -0.25) is 4.79 Å². The monoisotopic (exact) mass is 295 g/mol. The van der Waals surface area contributed by atoms with Gasteiger partial charge in [-0.25, -0.2) is 0 Å². The number of carbonyl (C=O) groups is 1. The van der Waals surface area contributed by atoms with Gasteiger partial charge in [0.1, 0.15) is 5.75 Å². The fourth-order valence-electron chi connectivity index (χ4n) is 1.89. The normalized spacial score (nSPS) is 11.5. The minimum atomic E-state index is -0.986. The molecule has 5 nitrogen and oxygen atoms in total. The van der Waals surface area contributed by atoms with E-state index in [-0.39, 0.29) is 25.7 Å². The van der Waals surface area contributed by atoms with E-state index >= 15 is 0 Å². The van der Waals surface area contributed by atoms with Gasteiger partial charge >= 0.3 is 0 Å². The van der Waals surface area contributed by atoms with Crippen molar-refractivity contribution in [1.29, 1.82) is 0 Å². The molecule has 0 aliphatic carbocycles. The summed E-state index contributed by atoms with van der Waals surface area (Å²) >= 11 is 0. The summed E-state index contributed by atoms with van der Waals surface area (Å²) in [5.41, 5.74) is 0.154. The molecule has 0 saturated heterocycles. The molecule has 5 heteroatoms. The molecule has 1 aromatic rings. The van der Waals surface area contributed by atoms with Crippen LogP contribution in [0.3, 0.4) is 0 Å². The first kappa shape index (κ1) is 17.5. The zero-order valence-electron chi connectivity index (χ0n) is 12.9. The van der Waals surface area contributed by atoms with Crippen LogP contribution in [-0.2, 0) is 4.79 Å². The number of amides is 1. The fraction of sp³-hybridized carbons (Fsp3) is 0.562. The van der Waals surface area contributed by atoms with Crippen molar-refractivity contribution in [2.75, 3.05) is 19.8 Å². The third-order valence-electron chi connectivity index (χ3n) is 3.58. The summed E-state index contributed by atoms with van der Waals surface area (Å²) in [4.78, 5) is 11.9. The second-order valence-electron chi connectivity index (χ2n) is 5.51. The quantitative estimate of drug-likeness (QED) is 0.678. The van der Waals surface area contributed by atoms with E-state index in [2.05, 4.69) is 19.2 Å². The van der Waals surface area contributed by atoms with Crippen LogP contribution < -0.4 is 10.1 Å². The summed E-state index contributed by atoms with van der Waals surface area (Å²) < 4.78 is 5.46. The second-order valence-corrected chi connectivity index (χ2v) is 5.51. The van der Waals surface area contributed by atoms with E-state index in [1.54, 1.807) is 13.0 Å². The van der Waals surface area contributed by atoms with E-state index in [9.17, 15) is 15.0 Å². The molecule has 0 heterocycles. The number of hydrogen-bond acceptors (Lipinski definition) is 4. The van der Waals surface area contributed by atoms with Gasteiger partial charge in [-0.15, -0.1) is 0 Å². The molecule has 118 valence electrons. The lowest BCUT2D eigenvalue weighted by atomic mass is 9.98. The van der Waals surface area contributed by atoms with Crippen LogP contribution in [0.1, 0.15) is 38.7 Å². The van der Waals surface area contributed by atoms with Gasteiger partial charge in [0.2, 0.25) is 0 Å². The Morgan fingerprint density at radius 1 is 1.33 bits per heavy atom. The molecule has 0 bridgehead atoms. The molecule has 0 aliphatic heterocycles. The summed E-state index contributed by atoms with van der Waals surface area (Å²) in [6.45, 7) is 5.19. The lowest BCUT2D eigenvalue weighted by Gasteiger charge is -2.29. The first-order chi connectivity index (χ1) is 9.96. The largest absolute Gasteiger partial charge is 0.484 e. The number of benzene rings is 1. The highest BCUT2D eigenvalue weighted by Crippen LogP contribution is 2.20. The zero-order valence-corrected chi connectivity index (χ0v) is 12.9. The zero-order chi connectivity index (χ0) is 15.9. The number of nitrogens with one attached hydrogen (secondary N) is 1. The fourth-order valence-corrected chi connectivity index (χ4v) is 1.89. The van der Waals surface area contributed by atoms with Crippen LogP contribution in [-0.4, -0.2) is 41.5 Å². The molecule has 0 radical (unpaired) electrons. The second kappa shape index (κ2) is 8.00. The first-order valence-electron chi connectivity index (χ1n) is 7.22. The van der Waals surface area contributed by atoms with Crippen molar-refractivity contribution in [3.63, 3.8) is 0 Å². The van der Waals surface area contributed by atoms with Gasteiger partial charge in [-0.05, 0) is 30.0 Å². The highest BCUT2D eigenvalue weighted by Gasteiger charge is 2.28. The van der Waals surface area contributed by atoms with E-state index in [4.69, 9.17) is 4.74 Å². The molecule has 1 rings (SSSR count). The van der Waals surface area contributed by atoms with Crippen molar-refractivity contribution in [2.24, 2.45) is 0 Å². The third-order valence-corrected chi connectivity index (χ3v) is 3.58. The van der Waals surface area contributed by atoms with Crippen LogP contribution >= 0.6 is 0 Å². The maximum absolute atomic E-state index is 11.9. The van der Waals surface area contributed by atoms with Crippen molar-refractivity contribution in [3.8, 4) is 5.75 Å². The van der Waals surface area contributed by atoms with Crippen molar-refractivity contribution in [3.05, 3.63) is 29.8 Å². The van der Waals surface area contributed by atoms with Crippen LogP contribution in [0.15, 0.2) is 24.3 Å². The van der Waals surface area contributed by atoms with E-state index in [0.717, 1.165) is 5.56 Å². The predicted molar refractivity (Wildman–Crippen MR) is 81.4 cm³/mol. The van der Waals surface area contributed by atoms with Crippen LogP contribution in [0.5, 0.6) is 5.75 Å². The average Bonchev–Trinajstić information content (AvgIpc) is 2.51. The SMILES string of the molecule is CCC(CO)(CO)NC(=O)COc1cccc(C(C)C)c1. The summed E-state index contributed by atoms with van der Waals surface area (Å²) in [5, 5.41) is 21.2. The van der Waals surface area contributed by atoms with Crippen LogP contribution in [0, 0.1) is 0 Å². The van der Waals surface area contributed by atoms with Crippen LogP contribution in [0.4, 0.5) is 0 Å². The molecule has 0 atom stereocenters. The lowest BCUT2D eigenvalue weighted by molar-refractivity contribution is -0.126. The predicted octanol–water partition coefficient (Wildman–Crippen LogP) is 1.44. The molecule has 21 heavy (non-hydrogen) atoms. The Kier molecular flexibility index (Phi) is 6.65. The van der Waals surface area contributed by atoms with Gasteiger partial charge in [-0.2, -0.15) is 0 Å². The Morgan fingerprint density at radius 2 is 2.00 bits per heavy atom. The Bertz CT molecular complexity index is 447. The minimum Gasteiger partial charge on any atom is -0.484 e. The molecular weight excluding hydrogens is 270 g/mol. The van der Waals surface area contributed by atoms with E-state index in [1.165, 1.54) is 0 Å². The Balaban J connectivity index is 2.59. The Hall–Kier alpha value is -1.59. The summed E-state index contributed by atoms with van der Waals surface area (Å²) in [5.74, 6) is 0.653. The van der Waals surface area contributed by atoms with Crippen molar-refractivity contribution in [2.45, 2.75) is 38.6 Å². The number of carbonyl (C=O) groups excluding carboxylic acids is 1. The Labute approximate surface area is 125 Å². The van der Waals surface area contributed by atoms with Gasteiger partial charge in [0.05, 0.1) is 18.8 Å². The highest BCUT2D eigenvalue weighted by atomic mass is 16.5. The van der Waals surface area contributed by atoms with E-state index in [0.29, 0.717) is 18.1 Å². The smallest absolute Gasteiger partial charge is 0.258 e. The molecule has 0 unspecified atom stereocenters. The van der Waals surface area contributed by atoms with E-state index < -0.39 is 5.54 Å². The van der Waals surface area contributed by atoms with Gasteiger partial charge in [0, 0.05) is 0 Å². The molecule has 1 amide bonds. The molecule has 0 aromatic heterocycles. The van der Waals surface area contributed by atoms with Crippen LogP contribution in [0.25, 0.3) is 0 Å². The molecule has 0 spiro atoms. The first-order valence-corrected chi connectivity index (χ1v) is 7.22. The van der Waals surface area contributed by atoms with Gasteiger partial charge < -0.3 is 20.3 Å². The molecular formula is C16H25NO4. The summed E-state index contributed by atoms with van der Waals surface area (Å²) in [7, 11) is 0. The highest BCUT2D eigenvalue weighted by molar-refractivity contribution is 5.78. The van der Waals surface area contributed by atoms with Gasteiger partial charge in [0.15, 0.2) is 6.61 Å². The minimum absolute atomic E-state index is 0.150. The molecule has 1 aromatic carbocycles. The molecule has 3 N–H and O–H groups in total.